The molecule has 0 bridgehead atoms. The summed E-state index contributed by atoms with van der Waals surface area (Å²) in [5, 5.41) is 50.1. The van der Waals surface area contributed by atoms with Crippen molar-refractivity contribution in [3.63, 3.8) is 0 Å². The van der Waals surface area contributed by atoms with Crippen LogP contribution in [0.5, 0.6) is 34.5 Å². The van der Waals surface area contributed by atoms with Gasteiger partial charge in [-0.2, -0.15) is 0 Å². The molecule has 0 aliphatic carbocycles. The molecule has 2 aromatic carbocycles. The maximum absolute atomic E-state index is 12.3. The topological polar surface area (TPSA) is 143 Å². The van der Waals surface area contributed by atoms with Gasteiger partial charge in [0.05, 0.1) is 7.11 Å². The van der Waals surface area contributed by atoms with Crippen LogP contribution in [0.2, 0.25) is 0 Å². The first-order valence-electron chi connectivity index (χ1n) is 6.63. The van der Waals surface area contributed by atoms with Crippen molar-refractivity contribution in [2.24, 2.45) is 0 Å². The number of benzene rings is 2. The summed E-state index contributed by atoms with van der Waals surface area (Å²) in [6.07, 6.45) is 0. The number of hydrogen-bond acceptors (Lipinski definition) is 8. The van der Waals surface area contributed by atoms with Gasteiger partial charge in [0.1, 0.15) is 34.0 Å². The molecule has 3 aromatic rings. The quantitative estimate of drug-likeness (QED) is 0.551. The predicted molar refractivity (Wildman–Crippen MR) is 80.6 cm³/mol. The lowest BCUT2D eigenvalue weighted by molar-refractivity contribution is -0.272. The molecule has 0 aliphatic rings. The molecular formula is C16H11O8-. The van der Waals surface area contributed by atoms with Gasteiger partial charge < -0.3 is 34.7 Å². The summed E-state index contributed by atoms with van der Waals surface area (Å²) in [6.45, 7) is 0. The molecule has 1 heterocycles. The van der Waals surface area contributed by atoms with Crippen LogP contribution in [0.3, 0.4) is 0 Å². The molecule has 124 valence electrons. The summed E-state index contributed by atoms with van der Waals surface area (Å²) in [5.74, 6) is -4.02. The van der Waals surface area contributed by atoms with E-state index in [0.29, 0.717) is 0 Å². The Morgan fingerprint density at radius 2 is 1.62 bits per heavy atom. The highest BCUT2D eigenvalue weighted by Crippen LogP contribution is 2.40. The Morgan fingerprint density at radius 1 is 1.00 bits per heavy atom. The second kappa shape index (κ2) is 5.27. The van der Waals surface area contributed by atoms with Crippen molar-refractivity contribution in [1.29, 1.82) is 0 Å². The van der Waals surface area contributed by atoms with E-state index in [-0.39, 0.29) is 28.0 Å². The summed E-state index contributed by atoms with van der Waals surface area (Å²) in [4.78, 5) is 12.3. The highest BCUT2D eigenvalue weighted by Gasteiger charge is 2.20. The highest BCUT2D eigenvalue weighted by molar-refractivity contribution is 5.88. The molecule has 8 heteroatoms. The van der Waals surface area contributed by atoms with Gasteiger partial charge >= 0.3 is 0 Å². The Bertz CT molecular complexity index is 996. The standard InChI is InChI=1S/C16H12O8/c1-23-7-4-8(17)12-11(5-7)24-16(15(22)14(12)21)6-2-9(18)13(20)10(19)3-6/h2-5,17-20,22H,1H3/p-1. The number of ether oxygens (including phenoxy) is 1. The van der Waals surface area contributed by atoms with E-state index in [1.165, 1.54) is 19.2 Å². The largest absolute Gasteiger partial charge is 0.867 e. The van der Waals surface area contributed by atoms with E-state index in [1.807, 2.05) is 0 Å². The van der Waals surface area contributed by atoms with Gasteiger partial charge in [0.15, 0.2) is 5.76 Å². The SMILES string of the molecule is COc1cc(O)c2c(=O)c(O)c(-c3cc(O)c([O-])c(O)c3)oc2c1. The molecule has 3 rings (SSSR count). The zero-order valence-electron chi connectivity index (χ0n) is 12.2. The van der Waals surface area contributed by atoms with E-state index < -0.39 is 34.2 Å². The number of fused-ring (bicyclic) bond motifs is 1. The molecule has 0 radical (unpaired) electrons. The van der Waals surface area contributed by atoms with Gasteiger partial charge in [-0.1, -0.05) is 0 Å². The molecule has 4 N–H and O–H groups in total. The number of aromatic hydroxyl groups is 4. The normalized spacial score (nSPS) is 10.9. The molecule has 0 amide bonds. The fourth-order valence-corrected chi connectivity index (χ4v) is 2.31. The van der Waals surface area contributed by atoms with Gasteiger partial charge in [-0.3, -0.25) is 4.79 Å². The molecule has 0 fully saturated rings. The zero-order valence-corrected chi connectivity index (χ0v) is 12.2. The number of phenolic OH excluding ortho intramolecular Hbond substituents is 3. The first-order chi connectivity index (χ1) is 11.3. The lowest BCUT2D eigenvalue weighted by Gasteiger charge is -2.13. The van der Waals surface area contributed by atoms with Crippen LogP contribution >= 0.6 is 0 Å². The van der Waals surface area contributed by atoms with Crippen molar-refractivity contribution >= 4 is 11.0 Å². The average Bonchev–Trinajstić information content (AvgIpc) is 2.54. The van der Waals surface area contributed by atoms with Crippen molar-refractivity contribution in [2.45, 2.75) is 0 Å². The molecule has 0 saturated heterocycles. The maximum Gasteiger partial charge on any atom is 0.238 e. The molecule has 0 atom stereocenters. The Hall–Kier alpha value is -3.55. The zero-order chi connectivity index (χ0) is 17.6. The Labute approximate surface area is 134 Å². The van der Waals surface area contributed by atoms with Gasteiger partial charge in [0, 0.05) is 17.7 Å². The molecule has 0 spiro atoms. The van der Waals surface area contributed by atoms with E-state index in [2.05, 4.69) is 0 Å². The minimum atomic E-state index is -0.999. The van der Waals surface area contributed by atoms with Gasteiger partial charge in [0.2, 0.25) is 11.2 Å². The fraction of sp³-hybridized carbons (Fsp3) is 0.0625. The number of phenols is 3. The number of methoxy groups -OCH3 is 1. The third-order valence-electron chi connectivity index (χ3n) is 3.47. The molecule has 0 aliphatic heterocycles. The number of hydrogen-bond donors (Lipinski definition) is 4. The first-order valence-corrected chi connectivity index (χ1v) is 6.63. The Kier molecular flexibility index (Phi) is 3.37. The minimum Gasteiger partial charge on any atom is -0.867 e. The molecule has 8 nitrogen and oxygen atoms in total. The van der Waals surface area contributed by atoms with Crippen LogP contribution in [0.4, 0.5) is 0 Å². The van der Waals surface area contributed by atoms with Crippen molar-refractivity contribution in [2.75, 3.05) is 7.11 Å². The van der Waals surface area contributed by atoms with Crippen LogP contribution in [0, 0.1) is 0 Å². The summed E-state index contributed by atoms with van der Waals surface area (Å²) < 4.78 is 10.4. The van der Waals surface area contributed by atoms with Crippen molar-refractivity contribution in [1.82, 2.24) is 0 Å². The lowest BCUT2D eigenvalue weighted by atomic mass is 10.1. The van der Waals surface area contributed by atoms with Crippen LogP contribution in [-0.4, -0.2) is 27.5 Å². The minimum absolute atomic E-state index is 0.0881. The second-order valence-corrected chi connectivity index (χ2v) is 4.97. The highest BCUT2D eigenvalue weighted by atomic mass is 16.5. The van der Waals surface area contributed by atoms with E-state index in [4.69, 9.17) is 9.15 Å². The van der Waals surface area contributed by atoms with E-state index >= 15 is 0 Å². The molecule has 0 unspecified atom stereocenters. The maximum atomic E-state index is 12.3. The molecule has 1 aromatic heterocycles. The van der Waals surface area contributed by atoms with Crippen molar-refractivity contribution in [3.8, 4) is 45.8 Å². The molecule has 0 saturated carbocycles. The van der Waals surface area contributed by atoms with Gasteiger partial charge in [-0.25, -0.2) is 0 Å². The average molecular weight is 331 g/mol. The Morgan fingerprint density at radius 3 is 2.21 bits per heavy atom. The van der Waals surface area contributed by atoms with Crippen LogP contribution < -0.4 is 15.3 Å². The van der Waals surface area contributed by atoms with E-state index in [9.17, 15) is 30.3 Å². The fourth-order valence-electron chi connectivity index (χ4n) is 2.31. The number of rotatable bonds is 2. The third-order valence-corrected chi connectivity index (χ3v) is 3.47. The monoisotopic (exact) mass is 331 g/mol. The molecular weight excluding hydrogens is 320 g/mol. The van der Waals surface area contributed by atoms with Crippen molar-refractivity contribution < 1.29 is 34.7 Å². The van der Waals surface area contributed by atoms with Crippen LogP contribution in [-0.2, 0) is 0 Å². The van der Waals surface area contributed by atoms with Crippen LogP contribution in [0.15, 0.2) is 33.5 Å². The second-order valence-electron chi connectivity index (χ2n) is 4.97. The van der Waals surface area contributed by atoms with Gasteiger partial charge in [-0.15, -0.1) is 0 Å². The van der Waals surface area contributed by atoms with E-state index in [1.54, 1.807) is 0 Å². The Balaban J connectivity index is 2.38. The van der Waals surface area contributed by atoms with Gasteiger partial charge in [-0.05, 0) is 17.9 Å². The summed E-state index contributed by atoms with van der Waals surface area (Å²) in [5.41, 5.74) is -1.10. The van der Waals surface area contributed by atoms with Crippen LogP contribution in [0.25, 0.3) is 22.3 Å². The third kappa shape index (κ3) is 2.21. The lowest BCUT2D eigenvalue weighted by Crippen LogP contribution is -2.03. The predicted octanol–water partition coefficient (Wildman–Crippen LogP) is 1.36. The smallest absolute Gasteiger partial charge is 0.238 e. The summed E-state index contributed by atoms with van der Waals surface area (Å²) >= 11 is 0. The van der Waals surface area contributed by atoms with Crippen molar-refractivity contribution in [3.05, 3.63) is 34.5 Å². The van der Waals surface area contributed by atoms with Gasteiger partial charge in [0.25, 0.3) is 0 Å². The molecule has 24 heavy (non-hydrogen) atoms. The first kappa shape index (κ1) is 15.3. The summed E-state index contributed by atoms with van der Waals surface area (Å²) in [6, 6.07) is 4.38. The summed E-state index contributed by atoms with van der Waals surface area (Å²) in [7, 11) is 1.35. The van der Waals surface area contributed by atoms with Crippen LogP contribution in [0.1, 0.15) is 0 Å². The van der Waals surface area contributed by atoms with E-state index in [0.717, 1.165) is 12.1 Å².